The number of nitrogens with one attached hydrogen (secondary N) is 1. The van der Waals surface area contributed by atoms with Gasteiger partial charge in [-0.25, -0.2) is 0 Å². The lowest BCUT2D eigenvalue weighted by Gasteiger charge is -2.33. The first-order chi connectivity index (χ1) is 5.27. The van der Waals surface area contributed by atoms with Crippen molar-refractivity contribution in [3.63, 3.8) is 0 Å². The fourth-order valence-electron chi connectivity index (χ4n) is 2.13. The molecule has 0 bridgehead atoms. The highest BCUT2D eigenvalue weighted by Crippen LogP contribution is 2.25. The van der Waals surface area contributed by atoms with Gasteiger partial charge in [0, 0.05) is 12.1 Å². The summed E-state index contributed by atoms with van der Waals surface area (Å²) in [6, 6.07) is 1.18. The maximum absolute atomic E-state index is 5.89. The highest BCUT2D eigenvalue weighted by Gasteiger charge is 2.25. The first kappa shape index (κ1) is 9.01. The normalized spacial score (nSPS) is 39.0. The second-order valence-electron chi connectivity index (χ2n) is 3.64. The van der Waals surface area contributed by atoms with Gasteiger partial charge in [0.25, 0.3) is 0 Å². The summed E-state index contributed by atoms with van der Waals surface area (Å²) in [7, 11) is 2.06. The van der Waals surface area contributed by atoms with Gasteiger partial charge in [0.05, 0.1) is 0 Å². The van der Waals surface area contributed by atoms with Crippen LogP contribution in [-0.2, 0) is 0 Å². The van der Waals surface area contributed by atoms with Crippen molar-refractivity contribution >= 4 is 0 Å². The van der Waals surface area contributed by atoms with Crippen LogP contribution in [0.2, 0.25) is 0 Å². The van der Waals surface area contributed by atoms with Crippen molar-refractivity contribution < 1.29 is 0 Å². The van der Waals surface area contributed by atoms with Crippen LogP contribution in [0.5, 0.6) is 0 Å². The van der Waals surface area contributed by atoms with Crippen molar-refractivity contribution in [3.05, 3.63) is 0 Å². The molecular weight excluding hydrogens is 136 g/mol. The quantitative estimate of drug-likeness (QED) is 0.628. The smallest absolute Gasteiger partial charge is 0.00933 e. The van der Waals surface area contributed by atoms with Crippen molar-refractivity contribution in [1.82, 2.24) is 5.32 Å². The van der Waals surface area contributed by atoms with E-state index in [4.69, 9.17) is 5.73 Å². The van der Waals surface area contributed by atoms with E-state index in [-0.39, 0.29) is 0 Å². The van der Waals surface area contributed by atoms with E-state index >= 15 is 0 Å². The first-order valence-corrected chi connectivity index (χ1v) is 4.70. The maximum Gasteiger partial charge on any atom is 0.00933 e. The molecule has 1 fully saturated rings. The summed E-state index contributed by atoms with van der Waals surface area (Å²) in [5.41, 5.74) is 5.89. The van der Waals surface area contributed by atoms with Crippen LogP contribution >= 0.6 is 0 Å². The van der Waals surface area contributed by atoms with Crippen LogP contribution in [-0.4, -0.2) is 19.1 Å². The lowest BCUT2D eigenvalue weighted by molar-refractivity contribution is 0.244. The van der Waals surface area contributed by atoms with Gasteiger partial charge >= 0.3 is 0 Å². The summed E-state index contributed by atoms with van der Waals surface area (Å²) in [5.74, 6) is 0.809. The van der Waals surface area contributed by atoms with Gasteiger partial charge in [0.1, 0.15) is 0 Å². The van der Waals surface area contributed by atoms with Gasteiger partial charge in [-0.1, -0.05) is 13.3 Å². The first-order valence-electron chi connectivity index (χ1n) is 4.70. The van der Waals surface area contributed by atoms with Gasteiger partial charge in [-0.3, -0.25) is 0 Å². The lowest BCUT2D eigenvalue weighted by Crippen LogP contribution is -2.42. The summed E-state index contributed by atoms with van der Waals surface area (Å²) in [6.07, 6.45) is 4.93. The van der Waals surface area contributed by atoms with Gasteiger partial charge in [0.15, 0.2) is 0 Å². The Kier molecular flexibility index (Phi) is 3.34. The van der Waals surface area contributed by atoms with E-state index in [0.717, 1.165) is 12.0 Å². The summed E-state index contributed by atoms with van der Waals surface area (Å²) >= 11 is 0. The molecule has 1 saturated carbocycles. The molecule has 1 aliphatic rings. The maximum atomic E-state index is 5.89. The third-order valence-corrected chi connectivity index (χ3v) is 2.92. The van der Waals surface area contributed by atoms with Crippen LogP contribution < -0.4 is 11.1 Å². The Balaban J connectivity index is 2.41. The topological polar surface area (TPSA) is 38.0 Å². The molecule has 0 aliphatic heterocycles. The molecule has 11 heavy (non-hydrogen) atoms. The minimum absolute atomic E-state index is 0.463. The molecule has 0 aromatic heterocycles. The predicted octanol–water partition coefficient (Wildman–Crippen LogP) is 1.11. The predicted molar refractivity (Wildman–Crippen MR) is 48.5 cm³/mol. The number of rotatable bonds is 2. The van der Waals surface area contributed by atoms with E-state index in [0.29, 0.717) is 6.04 Å². The molecule has 0 saturated heterocycles. The molecule has 3 atom stereocenters. The Bertz CT molecular complexity index is 114. The minimum atomic E-state index is 0.463. The van der Waals surface area contributed by atoms with Gasteiger partial charge < -0.3 is 11.1 Å². The molecule has 0 aromatic carbocycles. The largest absolute Gasteiger partial charge is 0.328 e. The lowest BCUT2D eigenvalue weighted by atomic mass is 9.80. The number of hydrogen-bond donors (Lipinski definition) is 2. The van der Waals surface area contributed by atoms with Crippen molar-refractivity contribution in [2.24, 2.45) is 11.7 Å². The minimum Gasteiger partial charge on any atom is -0.328 e. The summed E-state index contributed by atoms with van der Waals surface area (Å²) in [4.78, 5) is 0. The molecule has 0 amide bonds. The Labute approximate surface area is 69.5 Å². The van der Waals surface area contributed by atoms with Crippen LogP contribution in [0.15, 0.2) is 0 Å². The van der Waals surface area contributed by atoms with Crippen molar-refractivity contribution in [2.45, 2.75) is 44.7 Å². The Morgan fingerprint density at radius 1 is 1.45 bits per heavy atom. The van der Waals surface area contributed by atoms with Crippen molar-refractivity contribution in [1.29, 1.82) is 0 Å². The average Bonchev–Trinajstić information content (AvgIpc) is 2.04. The third kappa shape index (κ3) is 2.17. The van der Waals surface area contributed by atoms with E-state index in [1.165, 1.54) is 25.7 Å². The fourth-order valence-corrected chi connectivity index (χ4v) is 2.13. The fraction of sp³-hybridized carbons (Fsp3) is 1.00. The summed E-state index contributed by atoms with van der Waals surface area (Å²) in [6.45, 7) is 2.26. The molecule has 0 spiro atoms. The van der Waals surface area contributed by atoms with Crippen molar-refractivity contribution in [3.8, 4) is 0 Å². The van der Waals surface area contributed by atoms with Crippen LogP contribution in [0.3, 0.4) is 0 Å². The van der Waals surface area contributed by atoms with Gasteiger partial charge in [0.2, 0.25) is 0 Å². The van der Waals surface area contributed by atoms with E-state index in [2.05, 4.69) is 19.3 Å². The second-order valence-corrected chi connectivity index (χ2v) is 3.64. The molecule has 1 rings (SSSR count). The van der Waals surface area contributed by atoms with Crippen LogP contribution in [0, 0.1) is 5.92 Å². The van der Waals surface area contributed by atoms with E-state index in [1.54, 1.807) is 0 Å². The Hall–Kier alpha value is -0.0800. The van der Waals surface area contributed by atoms with E-state index < -0.39 is 0 Å². The standard InChI is InChI=1S/C9H20N2/c1-3-7-6-8(10)4-5-9(7)11-2/h7-9,11H,3-6,10H2,1-2H3. The van der Waals surface area contributed by atoms with Gasteiger partial charge in [-0.15, -0.1) is 0 Å². The molecule has 3 unspecified atom stereocenters. The average molecular weight is 156 g/mol. The van der Waals surface area contributed by atoms with Crippen molar-refractivity contribution in [2.75, 3.05) is 7.05 Å². The van der Waals surface area contributed by atoms with Crippen LogP contribution in [0.1, 0.15) is 32.6 Å². The number of hydrogen-bond acceptors (Lipinski definition) is 2. The van der Waals surface area contributed by atoms with E-state index in [9.17, 15) is 0 Å². The molecule has 2 heteroatoms. The molecule has 1 aliphatic carbocycles. The highest BCUT2D eigenvalue weighted by atomic mass is 14.9. The molecule has 0 aromatic rings. The molecule has 3 N–H and O–H groups in total. The zero-order chi connectivity index (χ0) is 8.27. The van der Waals surface area contributed by atoms with Crippen LogP contribution in [0.25, 0.3) is 0 Å². The Morgan fingerprint density at radius 2 is 2.18 bits per heavy atom. The highest BCUT2D eigenvalue weighted by molar-refractivity contribution is 4.84. The van der Waals surface area contributed by atoms with Gasteiger partial charge in [-0.2, -0.15) is 0 Å². The third-order valence-electron chi connectivity index (χ3n) is 2.92. The number of nitrogens with two attached hydrogens (primary N) is 1. The molecule has 66 valence electrons. The monoisotopic (exact) mass is 156 g/mol. The molecule has 0 heterocycles. The zero-order valence-corrected chi connectivity index (χ0v) is 7.64. The van der Waals surface area contributed by atoms with Gasteiger partial charge in [-0.05, 0) is 32.2 Å². The molecule has 0 radical (unpaired) electrons. The summed E-state index contributed by atoms with van der Waals surface area (Å²) in [5, 5.41) is 3.37. The summed E-state index contributed by atoms with van der Waals surface area (Å²) < 4.78 is 0. The SMILES string of the molecule is CCC1CC(N)CCC1NC. The molecule has 2 nitrogen and oxygen atoms in total. The second kappa shape index (κ2) is 4.07. The zero-order valence-electron chi connectivity index (χ0n) is 7.64. The molecular formula is C9H20N2. The van der Waals surface area contributed by atoms with E-state index in [1.807, 2.05) is 0 Å². The Morgan fingerprint density at radius 3 is 2.73 bits per heavy atom. The van der Waals surface area contributed by atoms with Crippen LogP contribution in [0.4, 0.5) is 0 Å².